The van der Waals surface area contributed by atoms with Crippen LogP contribution in [0.4, 0.5) is 5.69 Å². The lowest BCUT2D eigenvalue weighted by molar-refractivity contribution is -0.112. The van der Waals surface area contributed by atoms with Crippen LogP contribution in [0.5, 0.6) is 5.75 Å². The molecule has 4 nitrogen and oxygen atoms in total. The smallest absolute Gasteiger partial charge is 0.266 e. The van der Waals surface area contributed by atoms with Gasteiger partial charge in [0.2, 0.25) is 0 Å². The van der Waals surface area contributed by atoms with E-state index in [1.807, 2.05) is 56.3 Å². The van der Waals surface area contributed by atoms with E-state index in [0.717, 1.165) is 32.4 Å². The van der Waals surface area contributed by atoms with Gasteiger partial charge in [0.05, 0.1) is 6.61 Å². The molecule has 0 aliphatic heterocycles. The number of rotatable bonds is 7. The maximum absolute atomic E-state index is 12.7. The van der Waals surface area contributed by atoms with Gasteiger partial charge in [0.1, 0.15) is 17.4 Å². The van der Waals surface area contributed by atoms with E-state index < -0.39 is 5.91 Å². The van der Waals surface area contributed by atoms with Crippen molar-refractivity contribution < 1.29 is 9.53 Å². The minimum absolute atomic E-state index is 0.0403. The summed E-state index contributed by atoms with van der Waals surface area (Å²) in [6.07, 6.45) is 2.36. The highest BCUT2D eigenvalue weighted by atomic mass is 127. The van der Waals surface area contributed by atoms with Crippen LogP contribution in [0.2, 0.25) is 0 Å². The van der Waals surface area contributed by atoms with Crippen molar-refractivity contribution >= 4 is 40.3 Å². The number of nitriles is 1. The van der Waals surface area contributed by atoms with Gasteiger partial charge >= 0.3 is 0 Å². The molecule has 0 atom stereocenters. The zero-order valence-electron chi connectivity index (χ0n) is 19.3. The topological polar surface area (TPSA) is 62.1 Å². The van der Waals surface area contributed by atoms with Gasteiger partial charge < -0.3 is 10.1 Å². The third-order valence-corrected chi connectivity index (χ3v) is 6.17. The number of anilines is 1. The van der Waals surface area contributed by atoms with Crippen molar-refractivity contribution in [2.24, 2.45) is 0 Å². The first-order chi connectivity index (χ1) is 15.8. The Morgan fingerprint density at radius 2 is 1.79 bits per heavy atom. The first-order valence-corrected chi connectivity index (χ1v) is 11.9. The molecule has 0 saturated carbocycles. The monoisotopic (exact) mass is 550 g/mol. The highest BCUT2D eigenvalue weighted by molar-refractivity contribution is 14.1. The molecular formula is C28H27IN2O2. The number of aryl methyl sites for hydroxylation is 3. The second-order valence-corrected chi connectivity index (χ2v) is 9.19. The summed E-state index contributed by atoms with van der Waals surface area (Å²) in [6, 6.07) is 20.0. The summed E-state index contributed by atoms with van der Waals surface area (Å²) in [5, 5.41) is 12.5. The van der Waals surface area contributed by atoms with E-state index in [4.69, 9.17) is 4.74 Å². The molecule has 3 aromatic rings. The molecule has 0 radical (unpaired) electrons. The fraction of sp³-hybridized carbons (Fsp3) is 0.214. The van der Waals surface area contributed by atoms with E-state index in [2.05, 4.69) is 60.0 Å². The summed E-state index contributed by atoms with van der Waals surface area (Å²) < 4.78 is 6.99. The number of carbonyl (C=O) groups is 1. The molecule has 0 bridgehead atoms. The molecule has 168 valence electrons. The number of amides is 1. The first-order valence-electron chi connectivity index (χ1n) is 10.8. The van der Waals surface area contributed by atoms with Crippen molar-refractivity contribution in [2.45, 2.75) is 34.1 Å². The van der Waals surface area contributed by atoms with Crippen LogP contribution in [0.3, 0.4) is 0 Å². The van der Waals surface area contributed by atoms with Crippen molar-refractivity contribution in [1.82, 2.24) is 0 Å². The Balaban J connectivity index is 1.94. The van der Waals surface area contributed by atoms with Crippen LogP contribution in [0.15, 0.2) is 60.2 Å². The van der Waals surface area contributed by atoms with Gasteiger partial charge in [-0.15, -0.1) is 0 Å². The van der Waals surface area contributed by atoms with Gasteiger partial charge in [-0.25, -0.2) is 0 Å². The first kappa shape index (κ1) is 24.5. The summed E-state index contributed by atoms with van der Waals surface area (Å²) in [7, 11) is 0. The Morgan fingerprint density at radius 3 is 2.42 bits per heavy atom. The average molecular weight is 550 g/mol. The Bertz CT molecular complexity index is 1230. The van der Waals surface area contributed by atoms with Crippen LogP contribution in [-0.4, -0.2) is 12.5 Å². The van der Waals surface area contributed by atoms with Crippen molar-refractivity contribution in [2.75, 3.05) is 11.9 Å². The lowest BCUT2D eigenvalue weighted by Crippen LogP contribution is -2.14. The third kappa shape index (κ3) is 6.45. The number of hydrogen-bond donors (Lipinski definition) is 1. The molecule has 0 unspecified atom stereocenters. The van der Waals surface area contributed by atoms with E-state index in [0.29, 0.717) is 12.3 Å². The van der Waals surface area contributed by atoms with Crippen molar-refractivity contribution in [3.8, 4) is 11.8 Å². The highest BCUT2D eigenvalue weighted by Gasteiger charge is 2.15. The number of nitrogens with zero attached hydrogens (tertiary/aromatic N) is 1. The van der Waals surface area contributed by atoms with Gasteiger partial charge in [-0.05, 0) is 91.3 Å². The van der Waals surface area contributed by atoms with Gasteiger partial charge in [0.25, 0.3) is 5.91 Å². The predicted octanol–water partition coefficient (Wildman–Crippen LogP) is 6.75. The minimum Gasteiger partial charge on any atom is -0.494 e. The predicted molar refractivity (Wildman–Crippen MR) is 142 cm³/mol. The molecule has 3 rings (SSSR count). The normalized spacial score (nSPS) is 11.1. The maximum Gasteiger partial charge on any atom is 0.266 e. The Labute approximate surface area is 209 Å². The van der Waals surface area contributed by atoms with Crippen LogP contribution >= 0.6 is 22.6 Å². The zero-order valence-corrected chi connectivity index (χ0v) is 21.5. The largest absolute Gasteiger partial charge is 0.494 e. The maximum atomic E-state index is 12.7. The molecule has 1 N–H and O–H groups in total. The number of carbonyl (C=O) groups excluding carboxylic acids is 1. The molecule has 0 aliphatic carbocycles. The van der Waals surface area contributed by atoms with E-state index in [1.165, 1.54) is 16.7 Å². The van der Waals surface area contributed by atoms with Crippen molar-refractivity contribution in [1.29, 1.82) is 5.26 Å². The molecule has 0 saturated heterocycles. The Morgan fingerprint density at radius 1 is 1.09 bits per heavy atom. The van der Waals surface area contributed by atoms with Gasteiger partial charge in [0.15, 0.2) is 0 Å². The second-order valence-electron chi connectivity index (χ2n) is 8.02. The van der Waals surface area contributed by atoms with E-state index >= 15 is 0 Å². The number of ether oxygens (including phenoxy) is 1. The molecule has 0 fully saturated rings. The van der Waals surface area contributed by atoms with Gasteiger partial charge in [-0.3, -0.25) is 4.79 Å². The van der Waals surface area contributed by atoms with E-state index in [-0.39, 0.29) is 5.57 Å². The number of nitrogens with one attached hydrogen (secondary N) is 1. The van der Waals surface area contributed by atoms with Crippen LogP contribution in [0.1, 0.15) is 40.3 Å². The Kier molecular flexibility index (Phi) is 8.29. The van der Waals surface area contributed by atoms with Gasteiger partial charge in [0, 0.05) is 21.2 Å². The van der Waals surface area contributed by atoms with Gasteiger partial charge in [-0.2, -0.15) is 5.26 Å². The average Bonchev–Trinajstić information content (AvgIpc) is 2.75. The molecule has 3 aromatic carbocycles. The molecule has 33 heavy (non-hydrogen) atoms. The molecule has 0 heterocycles. The summed E-state index contributed by atoms with van der Waals surface area (Å²) in [6.45, 7) is 8.60. The fourth-order valence-corrected chi connectivity index (χ4v) is 4.58. The Hall–Kier alpha value is -3.11. The standard InChI is InChI=1S/C28H27IN2O2/c1-5-33-27-16-22(13-23(17-30)28(32)31-26-9-7-6-8-20(26)4)15-25(29)24(27)14-21-11-18(2)10-19(3)12-21/h6-13,15-16H,5,14H2,1-4H3,(H,31,32)/b23-13+. The number of benzene rings is 3. The molecule has 0 aliphatic rings. The number of halogens is 1. The molecule has 0 spiro atoms. The zero-order chi connectivity index (χ0) is 24.0. The van der Waals surface area contributed by atoms with Gasteiger partial charge in [-0.1, -0.05) is 47.5 Å². The molecule has 0 aromatic heterocycles. The fourth-order valence-electron chi connectivity index (χ4n) is 3.76. The van der Waals surface area contributed by atoms with Crippen molar-refractivity contribution in [3.63, 3.8) is 0 Å². The minimum atomic E-state index is -0.431. The molecule has 1 amide bonds. The van der Waals surface area contributed by atoms with E-state index in [1.54, 1.807) is 6.08 Å². The quantitative estimate of drug-likeness (QED) is 0.201. The SMILES string of the molecule is CCOc1cc(/C=C(\C#N)C(=O)Nc2ccccc2C)cc(I)c1Cc1cc(C)cc(C)c1. The number of para-hydroxylation sites is 1. The van der Waals surface area contributed by atoms with Crippen LogP contribution in [0.25, 0.3) is 6.08 Å². The highest BCUT2D eigenvalue weighted by Crippen LogP contribution is 2.30. The lowest BCUT2D eigenvalue weighted by atomic mass is 9.98. The van der Waals surface area contributed by atoms with Crippen LogP contribution < -0.4 is 10.1 Å². The van der Waals surface area contributed by atoms with Crippen LogP contribution in [0, 0.1) is 35.7 Å². The summed E-state index contributed by atoms with van der Waals surface area (Å²) in [5.74, 6) is 0.338. The van der Waals surface area contributed by atoms with Crippen LogP contribution in [-0.2, 0) is 11.2 Å². The summed E-state index contributed by atoms with van der Waals surface area (Å²) >= 11 is 2.30. The second kappa shape index (κ2) is 11.2. The summed E-state index contributed by atoms with van der Waals surface area (Å²) in [5.41, 5.74) is 7.21. The molecular weight excluding hydrogens is 523 g/mol. The third-order valence-electron chi connectivity index (χ3n) is 5.21. The molecule has 5 heteroatoms. The number of hydrogen-bond acceptors (Lipinski definition) is 3. The lowest BCUT2D eigenvalue weighted by Gasteiger charge is -2.15. The van der Waals surface area contributed by atoms with Crippen molar-refractivity contribution in [3.05, 3.63) is 97.1 Å². The van der Waals surface area contributed by atoms with E-state index in [9.17, 15) is 10.1 Å². The summed E-state index contributed by atoms with van der Waals surface area (Å²) in [4.78, 5) is 12.7.